The van der Waals surface area contributed by atoms with Crippen LogP contribution in [0.5, 0.6) is 0 Å². The van der Waals surface area contributed by atoms with Crippen molar-refractivity contribution in [3.05, 3.63) is 6.20 Å². The van der Waals surface area contributed by atoms with Gasteiger partial charge in [0.05, 0.1) is 6.20 Å². The van der Waals surface area contributed by atoms with Crippen molar-refractivity contribution < 1.29 is 8.42 Å². The lowest BCUT2D eigenvalue weighted by atomic mass is 10.5. The van der Waals surface area contributed by atoms with Gasteiger partial charge in [0.2, 0.25) is 0 Å². The molecule has 0 unspecified atom stereocenters. The van der Waals surface area contributed by atoms with E-state index in [9.17, 15) is 8.42 Å². The first kappa shape index (κ1) is 9.47. The van der Waals surface area contributed by atoms with E-state index in [4.69, 9.17) is 10.7 Å². The predicted octanol–water partition coefficient (Wildman–Crippen LogP) is 0.616. The van der Waals surface area contributed by atoms with E-state index in [1.165, 1.54) is 4.68 Å². The number of hydrogen-bond donors (Lipinski definition) is 0. The van der Waals surface area contributed by atoms with E-state index in [2.05, 4.69) is 10.3 Å². The highest BCUT2D eigenvalue weighted by molar-refractivity contribution is 8.13. The summed E-state index contributed by atoms with van der Waals surface area (Å²) >= 11 is 0. The molecule has 0 aliphatic heterocycles. The van der Waals surface area contributed by atoms with Crippen LogP contribution in [-0.4, -0.2) is 23.4 Å². The Morgan fingerprint density at radius 1 is 1.67 bits per heavy atom. The summed E-state index contributed by atoms with van der Waals surface area (Å²) in [6, 6.07) is 0. The Bertz CT molecular complexity index is 359. The van der Waals surface area contributed by atoms with E-state index in [1.807, 2.05) is 6.92 Å². The van der Waals surface area contributed by atoms with E-state index in [1.54, 1.807) is 0 Å². The summed E-state index contributed by atoms with van der Waals surface area (Å²) in [6.45, 7) is 2.41. The molecule has 0 amide bonds. The third-order valence-electron chi connectivity index (χ3n) is 1.27. The summed E-state index contributed by atoms with van der Waals surface area (Å²) in [5, 5.41) is 6.98. The first-order valence-electron chi connectivity index (χ1n) is 3.39. The van der Waals surface area contributed by atoms with Crippen molar-refractivity contribution >= 4 is 19.7 Å². The largest absolute Gasteiger partial charge is 0.279 e. The molecule has 1 aromatic rings. The molecule has 0 atom stereocenters. The van der Waals surface area contributed by atoms with E-state index < -0.39 is 9.05 Å². The van der Waals surface area contributed by atoms with Crippen LogP contribution in [0.25, 0.3) is 0 Å². The van der Waals surface area contributed by atoms with Gasteiger partial charge in [-0.25, -0.2) is 13.1 Å². The molecule has 0 saturated heterocycles. The highest BCUT2D eigenvalue weighted by atomic mass is 35.7. The second kappa shape index (κ2) is 3.40. The summed E-state index contributed by atoms with van der Waals surface area (Å²) in [5.74, 6) is 0. The fraction of sp³-hybridized carbons (Fsp3) is 0.600. The molecule has 0 aliphatic carbocycles. The molecule has 7 heteroatoms. The van der Waals surface area contributed by atoms with Gasteiger partial charge in [0, 0.05) is 17.2 Å². The summed E-state index contributed by atoms with van der Waals surface area (Å²) in [6.07, 6.45) is 1.92. The average Bonchev–Trinajstić information content (AvgIpc) is 2.34. The van der Waals surface area contributed by atoms with Crippen LogP contribution in [0.3, 0.4) is 0 Å². The lowest BCUT2D eigenvalue weighted by Crippen LogP contribution is -2.06. The van der Waals surface area contributed by atoms with Crippen LogP contribution in [0.1, 0.15) is 13.3 Å². The number of hydrogen-bond acceptors (Lipinski definition) is 4. The minimum absolute atomic E-state index is 0.0500. The summed E-state index contributed by atoms with van der Waals surface area (Å²) in [5.41, 5.74) is 0. The summed E-state index contributed by atoms with van der Waals surface area (Å²) in [7, 11) is 1.41. The highest BCUT2D eigenvalue weighted by Gasteiger charge is 2.16. The van der Waals surface area contributed by atoms with Crippen molar-refractivity contribution in [1.29, 1.82) is 0 Å². The molecule has 1 rings (SSSR count). The maximum atomic E-state index is 10.9. The number of rotatable bonds is 3. The molecular formula is C5H8ClN3O2S. The standard InChI is InChI=1S/C5H8ClN3O2S/c1-2-3-9-5(4-7-8-9)12(6,10)11/h4H,2-3H2,1H3. The van der Waals surface area contributed by atoms with Gasteiger partial charge in [0.15, 0.2) is 5.03 Å². The topological polar surface area (TPSA) is 64.8 Å². The van der Waals surface area contributed by atoms with Crippen LogP contribution < -0.4 is 0 Å². The summed E-state index contributed by atoms with van der Waals surface area (Å²) < 4.78 is 23.0. The fourth-order valence-corrected chi connectivity index (χ4v) is 1.71. The number of aromatic nitrogens is 3. The Kier molecular flexibility index (Phi) is 2.69. The van der Waals surface area contributed by atoms with Gasteiger partial charge >= 0.3 is 0 Å². The zero-order valence-corrected chi connectivity index (χ0v) is 8.01. The molecule has 12 heavy (non-hydrogen) atoms. The van der Waals surface area contributed by atoms with Crippen LogP contribution in [-0.2, 0) is 15.6 Å². The van der Waals surface area contributed by atoms with Gasteiger partial charge in [-0.1, -0.05) is 12.1 Å². The second-order valence-corrected chi connectivity index (χ2v) is 4.75. The average molecular weight is 210 g/mol. The van der Waals surface area contributed by atoms with Gasteiger partial charge in [-0.3, -0.25) is 0 Å². The molecule has 0 saturated carbocycles. The molecular weight excluding hydrogens is 202 g/mol. The first-order chi connectivity index (χ1) is 5.55. The third-order valence-corrected chi connectivity index (χ3v) is 2.56. The Balaban J connectivity index is 3.08. The summed E-state index contributed by atoms with van der Waals surface area (Å²) in [4.78, 5) is 0. The predicted molar refractivity (Wildman–Crippen MR) is 43.4 cm³/mol. The van der Waals surface area contributed by atoms with Crippen molar-refractivity contribution in [2.45, 2.75) is 24.9 Å². The van der Waals surface area contributed by atoms with Gasteiger partial charge in [-0.05, 0) is 6.42 Å². The maximum absolute atomic E-state index is 10.9. The number of nitrogens with zero attached hydrogens (tertiary/aromatic N) is 3. The molecule has 0 bridgehead atoms. The SMILES string of the molecule is CCCn1nncc1S(=O)(=O)Cl. The second-order valence-electron chi connectivity index (χ2n) is 2.23. The third kappa shape index (κ3) is 1.95. The van der Waals surface area contributed by atoms with Crippen molar-refractivity contribution in [2.75, 3.05) is 0 Å². The van der Waals surface area contributed by atoms with Gasteiger partial charge in [-0.15, -0.1) is 5.10 Å². The quantitative estimate of drug-likeness (QED) is 0.685. The minimum atomic E-state index is -3.70. The number of aryl methyl sites for hydroxylation is 1. The van der Waals surface area contributed by atoms with E-state index in [0.717, 1.165) is 12.6 Å². The Labute approximate surface area is 74.8 Å². The van der Waals surface area contributed by atoms with E-state index in [0.29, 0.717) is 6.54 Å². The molecule has 68 valence electrons. The molecule has 0 N–H and O–H groups in total. The zero-order chi connectivity index (χ0) is 9.19. The van der Waals surface area contributed by atoms with Gasteiger partial charge in [0.1, 0.15) is 0 Å². The van der Waals surface area contributed by atoms with Crippen LogP contribution in [0, 0.1) is 0 Å². The number of halogens is 1. The Morgan fingerprint density at radius 2 is 2.33 bits per heavy atom. The monoisotopic (exact) mass is 209 g/mol. The molecule has 0 spiro atoms. The maximum Gasteiger partial charge on any atom is 0.279 e. The van der Waals surface area contributed by atoms with Crippen molar-refractivity contribution in [3.63, 3.8) is 0 Å². The van der Waals surface area contributed by atoms with Gasteiger partial charge < -0.3 is 0 Å². The fourth-order valence-electron chi connectivity index (χ4n) is 0.804. The smallest absolute Gasteiger partial charge is 0.233 e. The van der Waals surface area contributed by atoms with Crippen LogP contribution >= 0.6 is 10.7 Å². The lowest BCUT2D eigenvalue weighted by Gasteiger charge is -1.99. The van der Waals surface area contributed by atoms with E-state index >= 15 is 0 Å². The molecule has 0 aromatic carbocycles. The first-order valence-corrected chi connectivity index (χ1v) is 5.69. The lowest BCUT2D eigenvalue weighted by molar-refractivity contribution is 0.524. The van der Waals surface area contributed by atoms with Gasteiger partial charge in [0.25, 0.3) is 9.05 Å². The van der Waals surface area contributed by atoms with Crippen LogP contribution in [0.4, 0.5) is 0 Å². The minimum Gasteiger partial charge on any atom is -0.233 e. The highest BCUT2D eigenvalue weighted by Crippen LogP contribution is 2.12. The molecule has 5 nitrogen and oxygen atoms in total. The van der Waals surface area contributed by atoms with Crippen LogP contribution in [0.15, 0.2) is 11.2 Å². The molecule has 0 radical (unpaired) electrons. The van der Waals surface area contributed by atoms with Crippen molar-refractivity contribution in [3.8, 4) is 0 Å². The van der Waals surface area contributed by atoms with Crippen molar-refractivity contribution in [1.82, 2.24) is 15.0 Å². The molecule has 1 heterocycles. The van der Waals surface area contributed by atoms with E-state index in [-0.39, 0.29) is 5.03 Å². The zero-order valence-electron chi connectivity index (χ0n) is 6.44. The molecule has 0 aliphatic rings. The molecule has 0 fully saturated rings. The van der Waals surface area contributed by atoms with Gasteiger partial charge in [-0.2, -0.15) is 0 Å². The van der Waals surface area contributed by atoms with Crippen molar-refractivity contribution in [2.24, 2.45) is 0 Å². The normalized spacial score (nSPS) is 11.8. The Morgan fingerprint density at radius 3 is 2.83 bits per heavy atom. The van der Waals surface area contributed by atoms with Crippen LogP contribution in [0.2, 0.25) is 0 Å². The molecule has 1 aromatic heterocycles. The Hall–Kier alpha value is -0.620.